The summed E-state index contributed by atoms with van der Waals surface area (Å²) in [6.07, 6.45) is 1.41. The summed E-state index contributed by atoms with van der Waals surface area (Å²) < 4.78 is 49.9. The van der Waals surface area contributed by atoms with Crippen LogP contribution in [-0.2, 0) is 46.7 Å². The van der Waals surface area contributed by atoms with Gasteiger partial charge in [0, 0.05) is 74.3 Å². The van der Waals surface area contributed by atoms with Gasteiger partial charge in [0.15, 0.2) is 17.2 Å². The molecule has 19 nitrogen and oxygen atoms in total. The molecule has 0 saturated carbocycles. The van der Waals surface area contributed by atoms with Crippen LogP contribution in [0.25, 0.3) is 21.5 Å². The van der Waals surface area contributed by atoms with Gasteiger partial charge in [-0.25, -0.2) is 27.6 Å². The molecular weight excluding hydrogens is 1040 g/mol. The first kappa shape index (κ1) is 55.8. The highest BCUT2D eigenvalue weighted by Crippen LogP contribution is 2.47. The van der Waals surface area contributed by atoms with Crippen LogP contribution in [0, 0.1) is 0 Å². The first-order valence-corrected chi connectivity index (χ1v) is 28.1. The molecule has 3 aliphatic rings. The number of esters is 2. The van der Waals surface area contributed by atoms with Gasteiger partial charge in [0.05, 0.1) is 21.7 Å². The Hall–Kier alpha value is -6.42. The molecule has 3 aromatic carbocycles. The number of amides is 4. The van der Waals surface area contributed by atoms with E-state index in [0.717, 1.165) is 22.7 Å². The molecule has 22 heteroatoms. The van der Waals surface area contributed by atoms with Gasteiger partial charge < -0.3 is 34.6 Å². The normalized spacial score (nSPS) is 19.5. The SMILES string of the molecule is C[C@@H]1CN(C(=O)Nc2cccc(CS(=O)(=O)N3CC[C@H](Nc4cccc(-c5sc(C(=O)OC(C)(C)C)c(OCC(=O)OC(C)(C)C)c5Cl)c4)CC3(C)C)c2)CCN1c1ccc2c(c1)n(C)c(=O)n2C1CCC(=O)NC1=O. The average Bonchev–Trinajstić information content (AvgIpc) is 3.81. The molecule has 0 aliphatic carbocycles. The van der Waals surface area contributed by atoms with Crippen LogP contribution < -0.4 is 31.3 Å². The predicted octanol–water partition coefficient (Wildman–Crippen LogP) is 8.30. The first-order valence-electron chi connectivity index (χ1n) is 25.3. The van der Waals surface area contributed by atoms with Crippen molar-refractivity contribution < 1.29 is 46.6 Å². The fourth-order valence-corrected chi connectivity index (χ4v) is 13.6. The minimum absolute atomic E-state index is 0.0279. The number of piperidine rings is 2. The van der Waals surface area contributed by atoms with Crippen molar-refractivity contribution in [1.29, 1.82) is 0 Å². The van der Waals surface area contributed by atoms with Gasteiger partial charge in [-0.1, -0.05) is 35.9 Å². The Balaban J connectivity index is 0.876. The second-order valence-electron chi connectivity index (χ2n) is 22.3. The molecular formula is C54H67ClN8O11S2. The number of hydrogen-bond donors (Lipinski definition) is 3. The molecule has 0 radical (unpaired) electrons. The molecule has 3 N–H and O–H groups in total. The summed E-state index contributed by atoms with van der Waals surface area (Å²) in [4.78, 5) is 82.1. The highest BCUT2D eigenvalue weighted by Gasteiger charge is 2.42. The number of nitrogens with one attached hydrogen (secondary N) is 3. The maximum absolute atomic E-state index is 14.2. The van der Waals surface area contributed by atoms with E-state index < -0.39 is 57.3 Å². The monoisotopic (exact) mass is 1100 g/mol. The fourth-order valence-electron chi connectivity index (χ4n) is 10.2. The van der Waals surface area contributed by atoms with E-state index in [1.807, 2.05) is 63.2 Å². The van der Waals surface area contributed by atoms with Crippen molar-refractivity contribution in [1.82, 2.24) is 23.7 Å². The molecule has 8 rings (SSSR count). The summed E-state index contributed by atoms with van der Waals surface area (Å²) in [6, 6.07) is 18.7. The smallest absolute Gasteiger partial charge is 0.352 e. The summed E-state index contributed by atoms with van der Waals surface area (Å²) in [7, 11) is -2.17. The van der Waals surface area contributed by atoms with Gasteiger partial charge in [-0.05, 0) is 135 Å². The number of rotatable bonds is 13. The van der Waals surface area contributed by atoms with Crippen molar-refractivity contribution >= 4 is 90.8 Å². The Labute approximate surface area is 451 Å². The maximum atomic E-state index is 14.2. The van der Waals surface area contributed by atoms with Crippen LogP contribution in [0.5, 0.6) is 5.75 Å². The number of imidazole rings is 1. The Kier molecular flexibility index (Phi) is 15.8. The number of nitrogens with zero attached hydrogens (tertiary/aromatic N) is 5. The number of sulfonamides is 1. The predicted molar refractivity (Wildman–Crippen MR) is 294 cm³/mol. The highest BCUT2D eigenvalue weighted by atomic mass is 35.5. The largest absolute Gasteiger partial charge is 0.479 e. The molecule has 5 heterocycles. The molecule has 76 heavy (non-hydrogen) atoms. The van der Waals surface area contributed by atoms with E-state index in [0.29, 0.717) is 65.2 Å². The zero-order valence-corrected chi connectivity index (χ0v) is 47.0. The molecule has 5 aromatic rings. The summed E-state index contributed by atoms with van der Waals surface area (Å²) in [5, 5.41) is 9.05. The summed E-state index contributed by atoms with van der Waals surface area (Å²) in [6.45, 7) is 17.4. The van der Waals surface area contributed by atoms with Crippen LogP contribution in [0.15, 0.2) is 71.5 Å². The van der Waals surface area contributed by atoms with E-state index in [1.54, 1.807) is 82.1 Å². The number of hydrogen-bond acceptors (Lipinski definition) is 14. The van der Waals surface area contributed by atoms with Gasteiger partial charge in [0.1, 0.15) is 22.3 Å². The average molecular weight is 1100 g/mol. The number of aromatic nitrogens is 2. The first-order chi connectivity index (χ1) is 35.6. The molecule has 3 atom stereocenters. The van der Waals surface area contributed by atoms with Crippen molar-refractivity contribution in [2.75, 3.05) is 48.3 Å². The van der Waals surface area contributed by atoms with Gasteiger partial charge in [0.2, 0.25) is 21.8 Å². The number of imide groups is 1. The van der Waals surface area contributed by atoms with Crippen LogP contribution in [0.4, 0.5) is 21.9 Å². The molecule has 408 valence electrons. The van der Waals surface area contributed by atoms with Crippen LogP contribution >= 0.6 is 22.9 Å². The van der Waals surface area contributed by atoms with Crippen LogP contribution in [0.3, 0.4) is 0 Å². The number of carbonyl (C=O) groups is 5. The number of anilines is 3. The molecule has 3 saturated heterocycles. The number of thiophene rings is 1. The van der Waals surface area contributed by atoms with Gasteiger partial charge in [0.25, 0.3) is 0 Å². The standard InChI is InChI=1S/C54H67ClN8O11S2/c1-32-29-60(23-24-61(32)38-17-18-39-41(27-38)59(10)51(69)63(39)40-19-20-42(64)58-48(40)66)50(68)57-35-15-11-13-33(25-35)31-76(70,71)62-22-21-37(28-54(62,8)9)56-36-16-12-14-34(26-36)46-44(55)45(72-30-43(65)73-52(2,3)4)47(75-46)49(67)74-53(5,6)7/h11-18,25-27,32,37,40,56H,19-24,28-31H2,1-10H3,(H,57,68)(H,58,64,66)/t32-,37+,40?/m1/s1. The number of fused-ring (bicyclic) bond motifs is 1. The number of piperazine rings is 1. The van der Waals surface area contributed by atoms with E-state index in [2.05, 4.69) is 20.9 Å². The molecule has 4 amide bonds. The minimum Gasteiger partial charge on any atom is -0.479 e. The topological polar surface area (TPSA) is 220 Å². The lowest BCUT2D eigenvalue weighted by molar-refractivity contribution is -0.157. The third-order valence-electron chi connectivity index (χ3n) is 13.4. The van der Waals surface area contributed by atoms with E-state index in [-0.39, 0.29) is 70.5 Å². The molecule has 0 spiro atoms. The van der Waals surface area contributed by atoms with E-state index in [4.69, 9.17) is 25.8 Å². The quantitative estimate of drug-likeness (QED) is 0.0747. The number of urea groups is 1. The number of halogens is 1. The number of benzene rings is 3. The van der Waals surface area contributed by atoms with Crippen LogP contribution in [0.2, 0.25) is 5.02 Å². The lowest BCUT2D eigenvalue weighted by Gasteiger charge is -2.45. The van der Waals surface area contributed by atoms with Gasteiger partial charge in [-0.2, -0.15) is 4.31 Å². The summed E-state index contributed by atoms with van der Waals surface area (Å²) in [5.74, 6) is -2.35. The van der Waals surface area contributed by atoms with Crippen LogP contribution in [0.1, 0.15) is 109 Å². The molecule has 0 bridgehead atoms. The van der Waals surface area contributed by atoms with Crippen molar-refractivity contribution in [3.8, 4) is 16.2 Å². The molecule has 3 fully saturated rings. The third kappa shape index (κ3) is 12.5. The number of aryl methyl sites for hydroxylation is 1. The van der Waals surface area contributed by atoms with E-state index >= 15 is 0 Å². The zero-order chi connectivity index (χ0) is 55.2. The van der Waals surface area contributed by atoms with Crippen LogP contribution in [-0.4, -0.2) is 118 Å². The molecule has 3 aliphatic heterocycles. The Morgan fingerprint density at radius 3 is 2.28 bits per heavy atom. The van der Waals surface area contributed by atoms with Crippen molar-refractivity contribution in [3.05, 3.63) is 92.7 Å². The Morgan fingerprint density at radius 2 is 1.59 bits per heavy atom. The lowest BCUT2D eigenvalue weighted by atomic mass is 9.89. The van der Waals surface area contributed by atoms with Crippen molar-refractivity contribution in [3.63, 3.8) is 0 Å². The fraction of sp³-hybridized carbons (Fsp3) is 0.481. The van der Waals surface area contributed by atoms with Crippen molar-refractivity contribution in [2.45, 2.75) is 129 Å². The molecule has 2 aromatic heterocycles. The zero-order valence-electron chi connectivity index (χ0n) is 44.6. The summed E-state index contributed by atoms with van der Waals surface area (Å²) >= 11 is 8.02. The maximum Gasteiger partial charge on any atom is 0.352 e. The van der Waals surface area contributed by atoms with Gasteiger partial charge in [-0.15, -0.1) is 11.3 Å². The number of ether oxygens (including phenoxy) is 3. The van der Waals surface area contributed by atoms with E-state index in [1.165, 1.54) is 9.13 Å². The van der Waals surface area contributed by atoms with Gasteiger partial charge in [-0.3, -0.25) is 24.0 Å². The highest BCUT2D eigenvalue weighted by molar-refractivity contribution is 7.88. The lowest BCUT2D eigenvalue weighted by Crippen LogP contribution is -2.55. The third-order valence-corrected chi connectivity index (χ3v) is 17.2. The van der Waals surface area contributed by atoms with Crippen molar-refractivity contribution in [2.24, 2.45) is 7.05 Å². The molecule has 1 unspecified atom stereocenters. The second-order valence-corrected chi connectivity index (χ2v) is 25.6. The minimum atomic E-state index is -3.83. The number of carbonyl (C=O) groups excluding carboxylic acids is 5. The Morgan fingerprint density at radius 1 is 0.882 bits per heavy atom. The summed E-state index contributed by atoms with van der Waals surface area (Å²) in [5.41, 5.74) is 1.89. The van der Waals surface area contributed by atoms with Gasteiger partial charge >= 0.3 is 23.7 Å². The Bertz CT molecular complexity index is 3260. The second kappa shape index (κ2) is 21.5. The van der Waals surface area contributed by atoms with E-state index in [9.17, 15) is 37.2 Å².